The van der Waals surface area contributed by atoms with E-state index < -0.39 is 0 Å². The number of aromatic amines is 1. The standard InChI is InChI=1S/C13H18N2S2/c1-8-2-4-9(5-3-8)12-14-11-7-17-6-10(11)13(16)15-12/h8-9H,2-7H2,1H3,(H,14,15,16). The molecule has 0 atom stereocenters. The summed E-state index contributed by atoms with van der Waals surface area (Å²) in [6.45, 7) is 2.35. The van der Waals surface area contributed by atoms with E-state index in [9.17, 15) is 0 Å². The molecule has 4 heteroatoms. The number of hydrogen-bond donors (Lipinski definition) is 1. The lowest BCUT2D eigenvalue weighted by molar-refractivity contribution is 0.339. The maximum atomic E-state index is 5.41. The fourth-order valence-electron chi connectivity index (χ4n) is 2.82. The number of H-pyrrole nitrogens is 1. The van der Waals surface area contributed by atoms with E-state index >= 15 is 0 Å². The van der Waals surface area contributed by atoms with Crippen LogP contribution in [0.1, 0.15) is 55.6 Å². The Bertz CT molecular complexity index is 473. The second kappa shape index (κ2) is 4.73. The molecule has 1 aromatic heterocycles. The summed E-state index contributed by atoms with van der Waals surface area (Å²) in [5, 5.41) is 0. The van der Waals surface area contributed by atoms with Crippen LogP contribution in [0.15, 0.2) is 0 Å². The molecule has 0 aromatic carbocycles. The molecular formula is C13H18N2S2. The number of hydrogen-bond acceptors (Lipinski definition) is 3. The Morgan fingerprint density at radius 2 is 2.00 bits per heavy atom. The normalized spacial score (nSPS) is 28.1. The smallest absolute Gasteiger partial charge is 0.134 e. The number of nitrogens with one attached hydrogen (secondary N) is 1. The van der Waals surface area contributed by atoms with Crippen molar-refractivity contribution >= 4 is 24.0 Å². The fraction of sp³-hybridized carbons (Fsp3) is 0.692. The Hall–Kier alpha value is -0.350. The first-order valence-electron chi connectivity index (χ1n) is 6.43. The number of aromatic nitrogens is 2. The zero-order valence-electron chi connectivity index (χ0n) is 10.2. The van der Waals surface area contributed by atoms with Gasteiger partial charge in [0.1, 0.15) is 10.5 Å². The van der Waals surface area contributed by atoms with Crippen LogP contribution in [0.2, 0.25) is 0 Å². The zero-order chi connectivity index (χ0) is 11.8. The van der Waals surface area contributed by atoms with Crippen molar-refractivity contribution in [1.29, 1.82) is 0 Å². The Morgan fingerprint density at radius 3 is 2.76 bits per heavy atom. The molecular weight excluding hydrogens is 248 g/mol. The quantitative estimate of drug-likeness (QED) is 0.773. The summed E-state index contributed by atoms with van der Waals surface area (Å²) in [4.78, 5) is 8.19. The molecule has 92 valence electrons. The first-order valence-corrected chi connectivity index (χ1v) is 8.00. The molecule has 0 bridgehead atoms. The third-order valence-corrected chi connectivity index (χ3v) is 5.34. The van der Waals surface area contributed by atoms with Crippen LogP contribution >= 0.6 is 24.0 Å². The molecule has 1 N–H and O–H groups in total. The van der Waals surface area contributed by atoms with E-state index in [4.69, 9.17) is 12.2 Å². The van der Waals surface area contributed by atoms with Gasteiger partial charge < -0.3 is 4.98 Å². The van der Waals surface area contributed by atoms with Gasteiger partial charge in [-0.2, -0.15) is 11.8 Å². The molecule has 2 aliphatic rings. The van der Waals surface area contributed by atoms with Gasteiger partial charge in [0, 0.05) is 28.7 Å². The van der Waals surface area contributed by atoms with Crippen molar-refractivity contribution < 1.29 is 0 Å². The molecule has 0 unspecified atom stereocenters. The monoisotopic (exact) mass is 266 g/mol. The van der Waals surface area contributed by atoms with Crippen molar-refractivity contribution in [3.63, 3.8) is 0 Å². The Balaban J connectivity index is 1.89. The summed E-state index contributed by atoms with van der Waals surface area (Å²) in [7, 11) is 0. The molecule has 17 heavy (non-hydrogen) atoms. The van der Waals surface area contributed by atoms with Gasteiger partial charge in [-0.25, -0.2) is 4.98 Å². The van der Waals surface area contributed by atoms with Crippen molar-refractivity contribution in [3.05, 3.63) is 21.7 Å². The van der Waals surface area contributed by atoms with Crippen LogP contribution in [0.4, 0.5) is 0 Å². The SMILES string of the molecule is CC1CCC(c2nc(=S)c3c([nH]2)CSC3)CC1. The zero-order valence-corrected chi connectivity index (χ0v) is 11.8. The van der Waals surface area contributed by atoms with Gasteiger partial charge in [-0.1, -0.05) is 32.0 Å². The van der Waals surface area contributed by atoms with Gasteiger partial charge in [-0.05, 0) is 18.8 Å². The minimum absolute atomic E-state index is 0.615. The third-order valence-electron chi connectivity index (χ3n) is 4.02. The second-order valence-corrected chi connectivity index (χ2v) is 6.71. The minimum Gasteiger partial charge on any atom is -0.346 e. The van der Waals surface area contributed by atoms with Crippen LogP contribution in [-0.4, -0.2) is 9.97 Å². The van der Waals surface area contributed by atoms with Crippen LogP contribution in [0.5, 0.6) is 0 Å². The molecule has 0 spiro atoms. The molecule has 1 aromatic rings. The molecule has 0 amide bonds. The van der Waals surface area contributed by atoms with E-state index in [0.29, 0.717) is 5.92 Å². The lowest BCUT2D eigenvalue weighted by Crippen LogP contribution is -2.14. The highest BCUT2D eigenvalue weighted by Crippen LogP contribution is 2.36. The molecule has 1 fully saturated rings. The summed E-state index contributed by atoms with van der Waals surface area (Å²) in [6, 6.07) is 0. The number of nitrogens with zero attached hydrogens (tertiary/aromatic N) is 1. The highest BCUT2D eigenvalue weighted by atomic mass is 32.2. The first kappa shape index (κ1) is 11.7. The van der Waals surface area contributed by atoms with Gasteiger partial charge in [0.2, 0.25) is 0 Å². The van der Waals surface area contributed by atoms with Crippen molar-refractivity contribution in [3.8, 4) is 0 Å². The molecule has 1 aliphatic carbocycles. The average molecular weight is 266 g/mol. The van der Waals surface area contributed by atoms with Crippen molar-refractivity contribution in [2.24, 2.45) is 5.92 Å². The van der Waals surface area contributed by atoms with E-state index in [1.54, 1.807) is 0 Å². The lowest BCUT2D eigenvalue weighted by Gasteiger charge is -2.25. The number of thioether (sulfide) groups is 1. The topological polar surface area (TPSA) is 28.7 Å². The van der Waals surface area contributed by atoms with E-state index in [1.165, 1.54) is 36.9 Å². The summed E-state index contributed by atoms with van der Waals surface area (Å²) in [5.74, 6) is 4.78. The molecule has 2 heterocycles. The van der Waals surface area contributed by atoms with E-state index in [-0.39, 0.29) is 0 Å². The maximum absolute atomic E-state index is 5.41. The average Bonchev–Trinajstić information content (AvgIpc) is 2.78. The van der Waals surface area contributed by atoms with Crippen LogP contribution in [0.25, 0.3) is 0 Å². The predicted octanol–water partition coefficient (Wildman–Crippen LogP) is 4.18. The largest absolute Gasteiger partial charge is 0.346 e. The van der Waals surface area contributed by atoms with Gasteiger partial charge in [-0.15, -0.1) is 0 Å². The van der Waals surface area contributed by atoms with E-state index in [0.717, 1.165) is 27.9 Å². The summed E-state index contributed by atoms with van der Waals surface area (Å²) >= 11 is 7.35. The van der Waals surface area contributed by atoms with Gasteiger partial charge in [0.05, 0.1) is 0 Å². The minimum atomic E-state index is 0.615. The van der Waals surface area contributed by atoms with Crippen LogP contribution in [0.3, 0.4) is 0 Å². The molecule has 0 radical (unpaired) electrons. The maximum Gasteiger partial charge on any atom is 0.134 e. The first-order chi connectivity index (χ1) is 8.24. The summed E-state index contributed by atoms with van der Waals surface area (Å²) in [6.07, 6.45) is 5.20. The fourth-order valence-corrected chi connectivity index (χ4v) is 4.27. The molecule has 0 saturated heterocycles. The Morgan fingerprint density at radius 1 is 1.24 bits per heavy atom. The van der Waals surface area contributed by atoms with Gasteiger partial charge in [-0.3, -0.25) is 0 Å². The molecule has 1 aliphatic heterocycles. The van der Waals surface area contributed by atoms with Crippen molar-refractivity contribution in [1.82, 2.24) is 9.97 Å². The second-order valence-electron chi connectivity index (χ2n) is 5.33. The summed E-state index contributed by atoms with van der Waals surface area (Å²) < 4.78 is 0.845. The molecule has 2 nitrogen and oxygen atoms in total. The van der Waals surface area contributed by atoms with Gasteiger partial charge >= 0.3 is 0 Å². The summed E-state index contributed by atoms with van der Waals surface area (Å²) in [5.41, 5.74) is 2.61. The van der Waals surface area contributed by atoms with E-state index in [2.05, 4.69) is 16.9 Å². The number of fused-ring (bicyclic) bond motifs is 1. The van der Waals surface area contributed by atoms with Crippen LogP contribution in [-0.2, 0) is 11.5 Å². The Labute approximate surface area is 112 Å². The van der Waals surface area contributed by atoms with Crippen LogP contribution in [0, 0.1) is 10.6 Å². The Kier molecular flexibility index (Phi) is 3.26. The highest BCUT2D eigenvalue weighted by Gasteiger charge is 2.23. The number of rotatable bonds is 1. The van der Waals surface area contributed by atoms with E-state index in [1.807, 2.05) is 11.8 Å². The highest BCUT2D eigenvalue weighted by molar-refractivity contribution is 7.98. The van der Waals surface area contributed by atoms with Gasteiger partial charge in [0.15, 0.2) is 0 Å². The van der Waals surface area contributed by atoms with Crippen molar-refractivity contribution in [2.45, 2.75) is 50.0 Å². The molecule has 1 saturated carbocycles. The van der Waals surface area contributed by atoms with Crippen LogP contribution < -0.4 is 0 Å². The third kappa shape index (κ3) is 2.29. The predicted molar refractivity (Wildman–Crippen MR) is 74.8 cm³/mol. The van der Waals surface area contributed by atoms with Crippen molar-refractivity contribution in [2.75, 3.05) is 0 Å². The lowest BCUT2D eigenvalue weighted by atomic mass is 9.82. The molecule has 3 rings (SSSR count). The van der Waals surface area contributed by atoms with Gasteiger partial charge in [0.25, 0.3) is 0 Å².